The second kappa shape index (κ2) is 4.67. The van der Waals surface area contributed by atoms with Gasteiger partial charge in [0.05, 0.1) is 0 Å². The molecule has 0 aliphatic heterocycles. The van der Waals surface area contributed by atoms with Gasteiger partial charge in [-0.2, -0.15) is 0 Å². The largest absolute Gasteiger partial charge is 0.504 e. The molecule has 1 rings (SSSR count). The van der Waals surface area contributed by atoms with Crippen molar-refractivity contribution in [3.05, 3.63) is 24.3 Å². The predicted octanol–water partition coefficient (Wildman–Crippen LogP) is 1.07. The van der Waals surface area contributed by atoms with Crippen LogP contribution in [0.15, 0.2) is 24.3 Å². The number of hydrogen-bond donors (Lipinski definition) is 2. The lowest BCUT2D eigenvalue weighted by molar-refractivity contribution is 0.196. The molecule has 0 amide bonds. The topological polar surface area (TPSA) is 55.5 Å². The van der Waals surface area contributed by atoms with Gasteiger partial charge in [0, 0.05) is 6.54 Å². The quantitative estimate of drug-likeness (QED) is 0.737. The summed E-state index contributed by atoms with van der Waals surface area (Å²) < 4.78 is 17.6. The maximum Gasteiger partial charge on any atom is 0.161 e. The summed E-state index contributed by atoms with van der Waals surface area (Å²) in [6.07, 6.45) is -1.19. The first-order chi connectivity index (χ1) is 6.24. The summed E-state index contributed by atoms with van der Waals surface area (Å²) >= 11 is 0. The third-order valence-corrected chi connectivity index (χ3v) is 1.54. The van der Waals surface area contributed by atoms with E-state index in [2.05, 4.69) is 0 Å². The van der Waals surface area contributed by atoms with Gasteiger partial charge in [0.15, 0.2) is 11.5 Å². The standard InChI is InChI=1S/C9H12FNO2/c10-7(5-11)6-13-9-4-2-1-3-8(9)12/h1-4,7,12H,5-6,11H2. The van der Waals surface area contributed by atoms with E-state index in [9.17, 15) is 9.50 Å². The van der Waals surface area contributed by atoms with Gasteiger partial charge in [-0.25, -0.2) is 4.39 Å². The number of alkyl halides is 1. The van der Waals surface area contributed by atoms with Crippen molar-refractivity contribution in [1.82, 2.24) is 0 Å². The van der Waals surface area contributed by atoms with E-state index in [-0.39, 0.29) is 24.7 Å². The summed E-state index contributed by atoms with van der Waals surface area (Å²) in [7, 11) is 0. The fourth-order valence-corrected chi connectivity index (χ4v) is 0.827. The number of aromatic hydroxyl groups is 1. The lowest BCUT2D eigenvalue weighted by Gasteiger charge is -2.09. The van der Waals surface area contributed by atoms with Gasteiger partial charge >= 0.3 is 0 Å². The normalized spacial score (nSPS) is 12.5. The number of rotatable bonds is 4. The van der Waals surface area contributed by atoms with E-state index in [1.807, 2.05) is 0 Å². The monoisotopic (exact) mass is 185 g/mol. The van der Waals surface area contributed by atoms with Crippen molar-refractivity contribution in [3.8, 4) is 11.5 Å². The third kappa shape index (κ3) is 2.91. The molecule has 0 bridgehead atoms. The molecular weight excluding hydrogens is 173 g/mol. The number of benzene rings is 1. The molecule has 1 aromatic rings. The Balaban J connectivity index is 2.50. The molecule has 0 fully saturated rings. The van der Waals surface area contributed by atoms with E-state index in [0.717, 1.165) is 0 Å². The molecule has 4 heteroatoms. The Labute approximate surface area is 75.9 Å². The highest BCUT2D eigenvalue weighted by Gasteiger charge is 2.06. The Hall–Kier alpha value is -1.29. The molecule has 0 aromatic heterocycles. The van der Waals surface area contributed by atoms with Gasteiger partial charge in [0.25, 0.3) is 0 Å². The summed E-state index contributed by atoms with van der Waals surface area (Å²) in [5.74, 6) is 0.283. The first-order valence-corrected chi connectivity index (χ1v) is 3.99. The molecular formula is C9H12FNO2. The number of phenolic OH excluding ortho intramolecular Hbond substituents is 1. The molecule has 1 atom stereocenters. The smallest absolute Gasteiger partial charge is 0.161 e. The van der Waals surface area contributed by atoms with Crippen molar-refractivity contribution >= 4 is 0 Å². The van der Waals surface area contributed by atoms with Crippen LogP contribution in [0, 0.1) is 0 Å². The van der Waals surface area contributed by atoms with Crippen LogP contribution in [0.3, 0.4) is 0 Å². The van der Waals surface area contributed by atoms with Gasteiger partial charge in [0.1, 0.15) is 12.8 Å². The SMILES string of the molecule is NCC(F)COc1ccccc1O. The molecule has 72 valence electrons. The highest BCUT2D eigenvalue weighted by atomic mass is 19.1. The van der Waals surface area contributed by atoms with Crippen LogP contribution in [-0.2, 0) is 0 Å². The minimum absolute atomic E-state index is 0.00622. The van der Waals surface area contributed by atoms with E-state index >= 15 is 0 Å². The Bertz CT molecular complexity index is 268. The summed E-state index contributed by atoms with van der Waals surface area (Å²) in [5, 5.41) is 9.22. The van der Waals surface area contributed by atoms with Crippen LogP contribution in [0.25, 0.3) is 0 Å². The van der Waals surface area contributed by atoms with E-state index in [1.165, 1.54) is 6.07 Å². The molecule has 0 heterocycles. The van der Waals surface area contributed by atoms with Crippen LogP contribution in [0.5, 0.6) is 11.5 Å². The maximum atomic E-state index is 12.6. The van der Waals surface area contributed by atoms with Crippen LogP contribution in [0.1, 0.15) is 0 Å². The lowest BCUT2D eigenvalue weighted by Crippen LogP contribution is -2.22. The molecule has 1 unspecified atom stereocenters. The summed E-state index contributed by atoms with van der Waals surface area (Å²) in [6, 6.07) is 6.41. The average Bonchev–Trinajstić information content (AvgIpc) is 2.16. The molecule has 0 saturated heterocycles. The lowest BCUT2D eigenvalue weighted by atomic mass is 10.3. The van der Waals surface area contributed by atoms with Crippen LogP contribution in [0.4, 0.5) is 4.39 Å². The van der Waals surface area contributed by atoms with Gasteiger partial charge in [0.2, 0.25) is 0 Å². The highest BCUT2D eigenvalue weighted by molar-refractivity contribution is 5.37. The fraction of sp³-hybridized carbons (Fsp3) is 0.333. The second-order valence-electron chi connectivity index (χ2n) is 2.61. The average molecular weight is 185 g/mol. The van der Waals surface area contributed by atoms with Crippen LogP contribution in [0.2, 0.25) is 0 Å². The van der Waals surface area contributed by atoms with Crippen LogP contribution < -0.4 is 10.5 Å². The molecule has 0 aliphatic rings. The molecule has 13 heavy (non-hydrogen) atoms. The molecule has 3 N–H and O–H groups in total. The summed E-state index contributed by atoms with van der Waals surface area (Å²) in [6.45, 7) is -0.207. The van der Waals surface area contributed by atoms with Crippen molar-refractivity contribution in [3.63, 3.8) is 0 Å². The Kier molecular flexibility index (Phi) is 3.52. The van der Waals surface area contributed by atoms with E-state index in [1.54, 1.807) is 18.2 Å². The van der Waals surface area contributed by atoms with Crippen molar-refractivity contribution < 1.29 is 14.2 Å². The first kappa shape index (κ1) is 9.80. The Morgan fingerprint density at radius 1 is 1.46 bits per heavy atom. The van der Waals surface area contributed by atoms with Gasteiger partial charge in [-0.15, -0.1) is 0 Å². The van der Waals surface area contributed by atoms with Gasteiger partial charge in [-0.1, -0.05) is 12.1 Å². The predicted molar refractivity (Wildman–Crippen MR) is 47.6 cm³/mol. The Morgan fingerprint density at radius 3 is 2.77 bits per heavy atom. The van der Waals surface area contributed by atoms with Crippen molar-refractivity contribution in [2.24, 2.45) is 5.73 Å². The van der Waals surface area contributed by atoms with Crippen LogP contribution >= 0.6 is 0 Å². The number of ether oxygens (including phenoxy) is 1. The zero-order valence-electron chi connectivity index (χ0n) is 7.11. The summed E-state index contributed by atoms with van der Waals surface area (Å²) in [4.78, 5) is 0. The second-order valence-corrected chi connectivity index (χ2v) is 2.61. The van der Waals surface area contributed by atoms with Crippen LogP contribution in [-0.4, -0.2) is 24.4 Å². The van der Waals surface area contributed by atoms with E-state index < -0.39 is 6.17 Å². The molecule has 3 nitrogen and oxygen atoms in total. The molecule has 0 saturated carbocycles. The molecule has 0 radical (unpaired) electrons. The number of nitrogens with two attached hydrogens (primary N) is 1. The van der Waals surface area contributed by atoms with E-state index in [0.29, 0.717) is 0 Å². The van der Waals surface area contributed by atoms with Gasteiger partial charge in [-0.3, -0.25) is 0 Å². The number of halogens is 1. The third-order valence-electron chi connectivity index (χ3n) is 1.54. The molecule has 1 aromatic carbocycles. The fourth-order valence-electron chi connectivity index (χ4n) is 0.827. The minimum Gasteiger partial charge on any atom is -0.504 e. The summed E-state index contributed by atoms with van der Waals surface area (Å²) in [5.41, 5.74) is 5.06. The Morgan fingerprint density at radius 2 is 2.15 bits per heavy atom. The zero-order chi connectivity index (χ0) is 9.68. The highest BCUT2D eigenvalue weighted by Crippen LogP contribution is 2.24. The first-order valence-electron chi connectivity index (χ1n) is 3.99. The number of para-hydroxylation sites is 2. The number of hydrogen-bond acceptors (Lipinski definition) is 3. The molecule has 0 aliphatic carbocycles. The van der Waals surface area contributed by atoms with Crippen molar-refractivity contribution in [2.75, 3.05) is 13.2 Å². The van der Waals surface area contributed by atoms with Crippen molar-refractivity contribution in [1.29, 1.82) is 0 Å². The number of phenols is 1. The maximum absolute atomic E-state index is 12.6. The molecule has 0 spiro atoms. The van der Waals surface area contributed by atoms with Gasteiger partial charge in [-0.05, 0) is 12.1 Å². The minimum atomic E-state index is -1.19. The zero-order valence-corrected chi connectivity index (χ0v) is 7.11. The van der Waals surface area contributed by atoms with Crippen molar-refractivity contribution in [2.45, 2.75) is 6.17 Å². The van der Waals surface area contributed by atoms with Gasteiger partial charge < -0.3 is 15.6 Å². The van der Waals surface area contributed by atoms with E-state index in [4.69, 9.17) is 10.5 Å².